The Hall–Kier alpha value is -4.29. The second-order valence-corrected chi connectivity index (χ2v) is 9.63. The smallest absolute Gasteiger partial charge is 0.295 e. The molecule has 5 rings (SSSR count). The standard InChI is InChI=1S/C31H33FN4O4/c1-3-37-28-17-21(18-29(38-4-2)30(28)22-5-7-23(32)8-6-22)20-36-14-11-24(12-15-36)34-31-35-26-19-25(39-16-13-33)9-10-27(26)40-31/h5-10,17-19,24H,3-4,11-12,14-16,20H2,1-2H3,(H,34,35). The molecule has 2 heterocycles. The van der Waals surface area contributed by atoms with Crippen LogP contribution in [-0.2, 0) is 6.54 Å². The van der Waals surface area contributed by atoms with Crippen LogP contribution >= 0.6 is 0 Å². The molecule has 0 atom stereocenters. The van der Waals surface area contributed by atoms with Crippen molar-refractivity contribution in [1.82, 2.24) is 9.88 Å². The second kappa shape index (κ2) is 12.7. The maximum atomic E-state index is 13.6. The number of benzene rings is 3. The van der Waals surface area contributed by atoms with E-state index in [9.17, 15) is 4.39 Å². The molecule has 4 aromatic rings. The van der Waals surface area contributed by atoms with Gasteiger partial charge in [-0.1, -0.05) is 12.1 Å². The van der Waals surface area contributed by atoms with Gasteiger partial charge in [-0.2, -0.15) is 10.2 Å². The molecule has 3 aromatic carbocycles. The zero-order chi connectivity index (χ0) is 27.9. The Balaban J connectivity index is 1.24. The molecular formula is C31H33FN4O4. The van der Waals surface area contributed by atoms with E-state index in [0.717, 1.165) is 60.7 Å². The highest BCUT2D eigenvalue weighted by atomic mass is 19.1. The van der Waals surface area contributed by atoms with Crippen molar-refractivity contribution in [3.8, 4) is 34.4 Å². The Morgan fingerprint density at radius 3 is 2.35 bits per heavy atom. The second-order valence-electron chi connectivity index (χ2n) is 9.63. The maximum Gasteiger partial charge on any atom is 0.295 e. The molecule has 8 nitrogen and oxygen atoms in total. The number of ether oxygens (including phenoxy) is 3. The van der Waals surface area contributed by atoms with E-state index < -0.39 is 0 Å². The molecule has 0 unspecified atom stereocenters. The van der Waals surface area contributed by atoms with Crippen molar-refractivity contribution in [3.63, 3.8) is 0 Å². The van der Waals surface area contributed by atoms with Gasteiger partial charge in [-0.3, -0.25) is 4.90 Å². The van der Waals surface area contributed by atoms with Crippen LogP contribution in [0, 0.1) is 17.1 Å². The van der Waals surface area contributed by atoms with Gasteiger partial charge in [0.05, 0.1) is 18.8 Å². The number of oxazole rings is 1. The van der Waals surface area contributed by atoms with Gasteiger partial charge in [-0.15, -0.1) is 0 Å². The SMILES string of the molecule is CCOc1cc(CN2CCC(Nc3nc4cc(OCC#N)ccc4o3)CC2)cc(OCC)c1-c1ccc(F)cc1. The van der Waals surface area contributed by atoms with Gasteiger partial charge >= 0.3 is 0 Å². The van der Waals surface area contributed by atoms with E-state index in [4.69, 9.17) is 23.9 Å². The number of hydrogen-bond donors (Lipinski definition) is 1. The minimum atomic E-state index is -0.277. The number of fused-ring (bicyclic) bond motifs is 1. The predicted octanol–water partition coefficient (Wildman–Crippen LogP) is 6.41. The molecule has 9 heteroatoms. The van der Waals surface area contributed by atoms with E-state index in [1.807, 2.05) is 19.9 Å². The van der Waals surface area contributed by atoms with Crippen molar-refractivity contribution in [2.75, 3.05) is 38.2 Å². The van der Waals surface area contributed by atoms with E-state index in [2.05, 4.69) is 27.3 Å². The molecule has 1 aliphatic rings. The van der Waals surface area contributed by atoms with Gasteiger partial charge in [-0.25, -0.2) is 4.39 Å². The van der Waals surface area contributed by atoms with E-state index in [-0.39, 0.29) is 18.5 Å². The molecule has 0 aliphatic carbocycles. The number of nitriles is 1. The molecule has 208 valence electrons. The third kappa shape index (κ3) is 6.46. The number of hydrogen-bond acceptors (Lipinski definition) is 8. The summed E-state index contributed by atoms with van der Waals surface area (Å²) in [5.41, 5.74) is 4.17. The van der Waals surface area contributed by atoms with Crippen molar-refractivity contribution in [2.45, 2.75) is 39.3 Å². The summed E-state index contributed by atoms with van der Waals surface area (Å²) in [6.07, 6.45) is 1.89. The van der Waals surface area contributed by atoms with Crippen molar-refractivity contribution in [3.05, 3.63) is 66.0 Å². The number of aromatic nitrogens is 1. The minimum absolute atomic E-state index is 0.00862. The van der Waals surface area contributed by atoms with E-state index in [1.54, 1.807) is 30.3 Å². The highest BCUT2D eigenvalue weighted by Gasteiger charge is 2.23. The maximum absolute atomic E-state index is 13.6. The zero-order valence-corrected chi connectivity index (χ0v) is 22.8. The van der Waals surface area contributed by atoms with Crippen LogP contribution < -0.4 is 19.5 Å². The van der Waals surface area contributed by atoms with Gasteiger partial charge < -0.3 is 23.9 Å². The van der Waals surface area contributed by atoms with Crippen LogP contribution in [0.1, 0.15) is 32.3 Å². The molecule has 0 spiro atoms. The zero-order valence-electron chi connectivity index (χ0n) is 22.8. The van der Waals surface area contributed by atoms with Crippen molar-refractivity contribution < 1.29 is 23.0 Å². The highest BCUT2D eigenvalue weighted by Crippen LogP contribution is 2.40. The fraction of sp³-hybridized carbons (Fsp3) is 0.355. The Kier molecular flexibility index (Phi) is 8.67. The van der Waals surface area contributed by atoms with Gasteiger partial charge in [0.25, 0.3) is 6.01 Å². The normalized spacial score (nSPS) is 14.2. The van der Waals surface area contributed by atoms with Crippen LogP contribution in [0.15, 0.2) is 59.0 Å². The number of nitrogens with one attached hydrogen (secondary N) is 1. The highest BCUT2D eigenvalue weighted by molar-refractivity contribution is 5.78. The van der Waals surface area contributed by atoms with E-state index in [1.165, 1.54) is 12.1 Å². The Morgan fingerprint density at radius 1 is 1.00 bits per heavy atom. The van der Waals surface area contributed by atoms with E-state index in [0.29, 0.717) is 36.1 Å². The van der Waals surface area contributed by atoms with Gasteiger partial charge in [0.1, 0.15) is 34.7 Å². The molecule has 0 saturated carbocycles. The molecule has 1 fully saturated rings. The van der Waals surface area contributed by atoms with Crippen LogP contribution in [0.2, 0.25) is 0 Å². The van der Waals surface area contributed by atoms with Crippen molar-refractivity contribution in [1.29, 1.82) is 5.26 Å². The average Bonchev–Trinajstić information content (AvgIpc) is 3.35. The monoisotopic (exact) mass is 544 g/mol. The first kappa shape index (κ1) is 27.3. The Labute approximate surface area is 233 Å². The summed E-state index contributed by atoms with van der Waals surface area (Å²) in [7, 11) is 0. The molecule has 1 N–H and O–H groups in total. The van der Waals surface area contributed by atoms with Crippen LogP contribution in [0.4, 0.5) is 10.4 Å². The molecule has 0 bridgehead atoms. The van der Waals surface area contributed by atoms with E-state index >= 15 is 0 Å². The van der Waals surface area contributed by atoms with Gasteiger partial charge in [0.15, 0.2) is 12.2 Å². The lowest BCUT2D eigenvalue weighted by Crippen LogP contribution is -2.38. The topological polar surface area (TPSA) is 92.8 Å². The number of piperidine rings is 1. The summed E-state index contributed by atoms with van der Waals surface area (Å²) in [5, 5.41) is 12.1. The molecular weight excluding hydrogens is 511 g/mol. The minimum Gasteiger partial charge on any atom is -0.493 e. The summed E-state index contributed by atoms with van der Waals surface area (Å²) >= 11 is 0. The Bertz CT molecular complexity index is 1450. The third-order valence-corrected chi connectivity index (χ3v) is 6.84. The van der Waals surface area contributed by atoms with Gasteiger partial charge in [0.2, 0.25) is 0 Å². The largest absolute Gasteiger partial charge is 0.493 e. The average molecular weight is 545 g/mol. The summed E-state index contributed by atoms with van der Waals surface area (Å²) in [6, 6.07) is 18.6. The van der Waals surface area contributed by atoms with Crippen molar-refractivity contribution >= 4 is 17.1 Å². The van der Waals surface area contributed by atoms with Gasteiger partial charge in [0, 0.05) is 31.7 Å². The number of likely N-dealkylation sites (tertiary alicyclic amines) is 1. The number of rotatable bonds is 11. The summed E-state index contributed by atoms with van der Waals surface area (Å²) < 4.78 is 36.9. The quantitative estimate of drug-likeness (QED) is 0.232. The van der Waals surface area contributed by atoms with Gasteiger partial charge in [-0.05, 0) is 74.2 Å². The molecule has 40 heavy (non-hydrogen) atoms. The van der Waals surface area contributed by atoms with Crippen LogP contribution in [0.3, 0.4) is 0 Å². The first-order chi connectivity index (χ1) is 19.6. The molecule has 1 aromatic heterocycles. The predicted molar refractivity (Wildman–Crippen MR) is 151 cm³/mol. The molecule has 0 radical (unpaired) electrons. The number of anilines is 1. The Morgan fingerprint density at radius 2 is 1.70 bits per heavy atom. The van der Waals surface area contributed by atoms with Crippen LogP contribution in [0.25, 0.3) is 22.2 Å². The summed E-state index contributed by atoms with van der Waals surface area (Å²) in [5.74, 6) is 1.79. The first-order valence-corrected chi connectivity index (χ1v) is 13.6. The fourth-order valence-corrected chi connectivity index (χ4v) is 5.02. The lowest BCUT2D eigenvalue weighted by Gasteiger charge is -2.32. The fourth-order valence-electron chi connectivity index (χ4n) is 5.02. The van der Waals surface area contributed by atoms with Crippen LogP contribution in [-0.4, -0.2) is 48.8 Å². The third-order valence-electron chi connectivity index (χ3n) is 6.84. The number of nitrogens with zero attached hydrogens (tertiary/aromatic N) is 3. The van der Waals surface area contributed by atoms with Crippen LogP contribution in [0.5, 0.6) is 17.2 Å². The first-order valence-electron chi connectivity index (χ1n) is 13.6. The lowest BCUT2D eigenvalue weighted by atomic mass is 9.99. The lowest BCUT2D eigenvalue weighted by molar-refractivity contribution is 0.209. The van der Waals surface area contributed by atoms with Crippen molar-refractivity contribution in [2.24, 2.45) is 0 Å². The number of halogens is 1. The summed E-state index contributed by atoms with van der Waals surface area (Å²) in [6.45, 7) is 7.54. The molecule has 1 aliphatic heterocycles. The summed E-state index contributed by atoms with van der Waals surface area (Å²) in [4.78, 5) is 6.97. The molecule has 1 saturated heterocycles. The molecule has 0 amide bonds.